The molecule has 0 amide bonds. The van der Waals surface area contributed by atoms with Gasteiger partial charge in [0.15, 0.2) is 0 Å². The van der Waals surface area contributed by atoms with E-state index in [0.717, 1.165) is 31.7 Å². The Morgan fingerprint density at radius 3 is 2.71 bits per heavy atom. The van der Waals surface area contributed by atoms with E-state index in [1.807, 2.05) is 12.1 Å². The molecule has 1 aliphatic rings. The predicted octanol–water partition coefficient (Wildman–Crippen LogP) is 2.17. The third-order valence-electron chi connectivity index (χ3n) is 4.26. The minimum Gasteiger partial charge on any atom is -0.468 e. The normalized spacial score (nSPS) is 17.9. The summed E-state index contributed by atoms with van der Waals surface area (Å²) in [6, 6.07) is 3.55. The largest absolute Gasteiger partial charge is 0.468 e. The first-order valence-corrected chi connectivity index (χ1v) is 9.79. The molecule has 1 fully saturated rings. The highest BCUT2D eigenvalue weighted by Gasteiger charge is 2.28. The van der Waals surface area contributed by atoms with Crippen LogP contribution in [0.2, 0.25) is 5.15 Å². The van der Waals surface area contributed by atoms with Gasteiger partial charge in [0.2, 0.25) is 5.03 Å². The minimum atomic E-state index is -3.78. The molecule has 2 aromatic heterocycles. The molecule has 1 aliphatic heterocycles. The number of halogens is 1. The number of rotatable bonds is 6. The van der Waals surface area contributed by atoms with Crippen LogP contribution in [0.25, 0.3) is 0 Å². The van der Waals surface area contributed by atoms with Crippen molar-refractivity contribution in [1.82, 2.24) is 19.2 Å². The molecule has 1 saturated heterocycles. The SMILES string of the molecule is Cn1cnc(S(=O)(=O)NCC(c2ccco2)N2CCCCC2)c1Cl. The molecule has 0 bridgehead atoms. The average Bonchev–Trinajstić information content (AvgIpc) is 3.20. The molecule has 0 spiro atoms. The van der Waals surface area contributed by atoms with Crippen LogP contribution in [0, 0.1) is 0 Å². The molecular formula is C15H21ClN4O3S. The second kappa shape index (κ2) is 7.26. The fourth-order valence-corrected chi connectivity index (χ4v) is 4.41. The van der Waals surface area contributed by atoms with Gasteiger partial charge in [-0.1, -0.05) is 18.0 Å². The van der Waals surface area contributed by atoms with Crippen molar-refractivity contribution in [3.05, 3.63) is 35.6 Å². The summed E-state index contributed by atoms with van der Waals surface area (Å²) in [4.78, 5) is 6.14. The molecule has 24 heavy (non-hydrogen) atoms. The molecule has 0 radical (unpaired) electrons. The van der Waals surface area contributed by atoms with Crippen LogP contribution in [0.5, 0.6) is 0 Å². The Kier molecular flexibility index (Phi) is 5.29. The van der Waals surface area contributed by atoms with E-state index in [1.54, 1.807) is 13.3 Å². The van der Waals surface area contributed by atoms with Gasteiger partial charge in [-0.05, 0) is 38.1 Å². The van der Waals surface area contributed by atoms with Gasteiger partial charge in [-0.2, -0.15) is 0 Å². The Bertz CT molecular complexity index is 767. The lowest BCUT2D eigenvalue weighted by Crippen LogP contribution is -2.40. The number of furan rings is 1. The summed E-state index contributed by atoms with van der Waals surface area (Å²) in [5, 5.41) is -0.0569. The van der Waals surface area contributed by atoms with E-state index in [-0.39, 0.29) is 22.8 Å². The minimum absolute atomic E-state index is 0.0926. The standard InChI is InChI=1S/C15H21ClN4O3S/c1-19-11-17-15(14(19)16)24(21,22)18-10-12(13-6-5-9-23-13)20-7-3-2-4-8-20/h5-6,9,11-12,18H,2-4,7-8,10H2,1H3. The molecule has 0 aliphatic carbocycles. The van der Waals surface area contributed by atoms with E-state index in [4.69, 9.17) is 16.0 Å². The van der Waals surface area contributed by atoms with Gasteiger partial charge in [-0.3, -0.25) is 4.90 Å². The number of sulfonamides is 1. The number of imidazole rings is 1. The molecule has 0 aromatic carbocycles. The van der Waals surface area contributed by atoms with Crippen molar-refractivity contribution in [3.63, 3.8) is 0 Å². The third-order valence-corrected chi connectivity index (χ3v) is 6.17. The lowest BCUT2D eigenvalue weighted by molar-refractivity contribution is 0.147. The Morgan fingerprint density at radius 1 is 1.38 bits per heavy atom. The van der Waals surface area contributed by atoms with Crippen molar-refractivity contribution in [3.8, 4) is 0 Å². The van der Waals surface area contributed by atoms with Gasteiger partial charge >= 0.3 is 0 Å². The molecular weight excluding hydrogens is 352 g/mol. The van der Waals surface area contributed by atoms with Crippen LogP contribution in [-0.4, -0.2) is 42.5 Å². The first kappa shape index (κ1) is 17.5. The Hall–Kier alpha value is -1.35. The van der Waals surface area contributed by atoms with Crippen molar-refractivity contribution >= 4 is 21.6 Å². The predicted molar refractivity (Wildman–Crippen MR) is 90.3 cm³/mol. The number of nitrogens with zero attached hydrogens (tertiary/aromatic N) is 3. The van der Waals surface area contributed by atoms with Crippen LogP contribution < -0.4 is 4.72 Å². The number of aryl methyl sites for hydroxylation is 1. The second-order valence-corrected chi connectivity index (χ2v) is 7.97. The zero-order valence-electron chi connectivity index (χ0n) is 13.5. The molecule has 7 nitrogen and oxygen atoms in total. The fourth-order valence-electron chi connectivity index (χ4n) is 2.95. The molecule has 132 valence electrons. The van der Waals surface area contributed by atoms with E-state index in [0.29, 0.717) is 0 Å². The maximum atomic E-state index is 12.5. The summed E-state index contributed by atoms with van der Waals surface area (Å²) >= 11 is 6.01. The summed E-state index contributed by atoms with van der Waals surface area (Å²) in [6.07, 6.45) is 6.41. The van der Waals surface area contributed by atoms with Crippen LogP contribution in [-0.2, 0) is 17.1 Å². The average molecular weight is 373 g/mol. The Balaban J connectivity index is 1.77. The number of aromatic nitrogens is 2. The van der Waals surface area contributed by atoms with E-state index >= 15 is 0 Å². The highest BCUT2D eigenvalue weighted by Crippen LogP contribution is 2.25. The van der Waals surface area contributed by atoms with Gasteiger partial charge in [-0.25, -0.2) is 18.1 Å². The number of piperidine rings is 1. The van der Waals surface area contributed by atoms with Crippen molar-refractivity contribution in [2.75, 3.05) is 19.6 Å². The number of nitrogens with one attached hydrogen (secondary N) is 1. The molecule has 1 unspecified atom stereocenters. The van der Waals surface area contributed by atoms with Crippen molar-refractivity contribution < 1.29 is 12.8 Å². The summed E-state index contributed by atoms with van der Waals surface area (Å²) in [7, 11) is -2.13. The lowest BCUT2D eigenvalue weighted by atomic mass is 10.1. The molecule has 3 heterocycles. The van der Waals surface area contributed by atoms with Gasteiger partial charge in [0.1, 0.15) is 10.9 Å². The van der Waals surface area contributed by atoms with Crippen LogP contribution in [0.3, 0.4) is 0 Å². The van der Waals surface area contributed by atoms with E-state index in [9.17, 15) is 8.42 Å². The zero-order chi connectivity index (χ0) is 17.2. The van der Waals surface area contributed by atoms with Crippen molar-refractivity contribution in [2.45, 2.75) is 30.3 Å². The van der Waals surface area contributed by atoms with Crippen LogP contribution in [0.4, 0.5) is 0 Å². The molecule has 0 saturated carbocycles. The van der Waals surface area contributed by atoms with Gasteiger partial charge in [-0.15, -0.1) is 0 Å². The number of hydrogen-bond acceptors (Lipinski definition) is 5. The summed E-state index contributed by atoms with van der Waals surface area (Å²) < 4.78 is 34.6. The number of likely N-dealkylation sites (tertiary alicyclic amines) is 1. The first-order chi connectivity index (χ1) is 11.5. The van der Waals surface area contributed by atoms with E-state index < -0.39 is 10.0 Å². The first-order valence-electron chi connectivity index (χ1n) is 7.93. The van der Waals surface area contributed by atoms with Crippen LogP contribution in [0.15, 0.2) is 34.2 Å². The van der Waals surface area contributed by atoms with E-state index in [2.05, 4.69) is 14.6 Å². The maximum Gasteiger partial charge on any atom is 0.261 e. The Morgan fingerprint density at radius 2 is 2.12 bits per heavy atom. The van der Waals surface area contributed by atoms with Crippen molar-refractivity contribution in [2.24, 2.45) is 7.05 Å². The van der Waals surface area contributed by atoms with Gasteiger partial charge < -0.3 is 8.98 Å². The number of hydrogen-bond donors (Lipinski definition) is 1. The fraction of sp³-hybridized carbons (Fsp3) is 0.533. The molecule has 9 heteroatoms. The van der Waals surface area contributed by atoms with Crippen LogP contribution in [0.1, 0.15) is 31.1 Å². The summed E-state index contributed by atoms with van der Waals surface area (Å²) in [6.45, 7) is 2.07. The lowest BCUT2D eigenvalue weighted by Gasteiger charge is -2.33. The molecule has 1 atom stereocenters. The van der Waals surface area contributed by atoms with Gasteiger partial charge in [0, 0.05) is 13.6 Å². The topological polar surface area (TPSA) is 80.4 Å². The monoisotopic (exact) mass is 372 g/mol. The van der Waals surface area contributed by atoms with Crippen LogP contribution >= 0.6 is 11.6 Å². The third kappa shape index (κ3) is 3.66. The second-order valence-electron chi connectivity index (χ2n) is 5.93. The molecule has 1 N–H and O–H groups in total. The highest BCUT2D eigenvalue weighted by molar-refractivity contribution is 7.89. The van der Waals surface area contributed by atoms with Crippen molar-refractivity contribution in [1.29, 1.82) is 0 Å². The van der Waals surface area contributed by atoms with Gasteiger partial charge in [0.05, 0.1) is 18.6 Å². The smallest absolute Gasteiger partial charge is 0.261 e. The maximum absolute atomic E-state index is 12.5. The Labute approximate surface area is 146 Å². The molecule has 3 rings (SSSR count). The zero-order valence-corrected chi connectivity index (χ0v) is 15.1. The van der Waals surface area contributed by atoms with Gasteiger partial charge in [0.25, 0.3) is 10.0 Å². The quantitative estimate of drug-likeness (QED) is 0.840. The molecule has 2 aromatic rings. The highest BCUT2D eigenvalue weighted by atomic mass is 35.5. The summed E-state index contributed by atoms with van der Waals surface area (Å²) in [5.41, 5.74) is 0. The van der Waals surface area contributed by atoms with E-state index in [1.165, 1.54) is 17.3 Å². The summed E-state index contributed by atoms with van der Waals surface area (Å²) in [5.74, 6) is 0.756.